The summed E-state index contributed by atoms with van der Waals surface area (Å²) in [7, 11) is 0. The summed E-state index contributed by atoms with van der Waals surface area (Å²) < 4.78 is 18.6. The van der Waals surface area contributed by atoms with Crippen LogP contribution >= 0.6 is 0 Å². The van der Waals surface area contributed by atoms with Crippen molar-refractivity contribution in [2.24, 2.45) is 0 Å². The van der Waals surface area contributed by atoms with Gasteiger partial charge < -0.3 is 15.4 Å². The molecule has 4 rings (SSSR count). The van der Waals surface area contributed by atoms with Crippen molar-refractivity contribution in [3.63, 3.8) is 0 Å². The number of hydrogen-bond donors (Lipinski definition) is 2. The van der Waals surface area contributed by atoms with Crippen LogP contribution in [-0.2, 0) is 16.0 Å². The monoisotopic (exact) mass is 495 g/mol. The summed E-state index contributed by atoms with van der Waals surface area (Å²) in [6, 6.07) is 17.0. The number of rotatable bonds is 8. The molecule has 194 valence electrons. The summed E-state index contributed by atoms with van der Waals surface area (Å²) in [5.41, 5.74) is 1.34. The van der Waals surface area contributed by atoms with Gasteiger partial charge in [-0.2, -0.15) is 0 Å². The summed E-state index contributed by atoms with van der Waals surface area (Å²) >= 11 is 0. The Morgan fingerprint density at radius 2 is 1.67 bits per heavy atom. The molecule has 2 N–H and O–H groups in total. The van der Waals surface area contributed by atoms with Gasteiger partial charge in [0.2, 0.25) is 5.91 Å². The average molecular weight is 496 g/mol. The van der Waals surface area contributed by atoms with Crippen molar-refractivity contribution in [3.05, 3.63) is 71.5 Å². The van der Waals surface area contributed by atoms with Gasteiger partial charge in [-0.1, -0.05) is 42.5 Å². The maximum absolute atomic E-state index is 13.1. The first kappa shape index (κ1) is 26.1. The second kappa shape index (κ2) is 11.4. The predicted octanol–water partition coefficient (Wildman–Crippen LogP) is 5.14. The Bertz CT molecular complexity index is 1010. The number of carbonyl (C=O) groups is 2. The number of amides is 2. The van der Waals surface area contributed by atoms with Gasteiger partial charge in [0.05, 0.1) is 12.5 Å². The molecule has 2 unspecified atom stereocenters. The largest absolute Gasteiger partial charge is 0.444 e. The van der Waals surface area contributed by atoms with E-state index in [1.54, 1.807) is 12.1 Å². The number of halogens is 1. The highest BCUT2D eigenvalue weighted by molar-refractivity contribution is 5.78. The molecule has 0 aliphatic carbocycles. The Morgan fingerprint density at radius 3 is 2.28 bits per heavy atom. The molecule has 6 nitrogen and oxygen atoms in total. The third kappa shape index (κ3) is 7.29. The number of fused-ring (bicyclic) bond motifs is 2. The number of alkyl carbamates (subject to hydrolysis) is 1. The van der Waals surface area contributed by atoms with Crippen LogP contribution in [0, 0.1) is 5.82 Å². The van der Waals surface area contributed by atoms with E-state index in [0.717, 1.165) is 49.8 Å². The van der Waals surface area contributed by atoms with E-state index in [0.29, 0.717) is 12.1 Å². The summed E-state index contributed by atoms with van der Waals surface area (Å²) in [5, 5.41) is 6.28. The van der Waals surface area contributed by atoms with Crippen LogP contribution in [0.25, 0.3) is 0 Å². The van der Waals surface area contributed by atoms with Gasteiger partial charge in [0, 0.05) is 24.7 Å². The molecule has 0 aromatic heterocycles. The van der Waals surface area contributed by atoms with Crippen LogP contribution in [0.5, 0.6) is 0 Å². The van der Waals surface area contributed by atoms with E-state index in [1.165, 1.54) is 12.1 Å². The lowest BCUT2D eigenvalue weighted by Gasteiger charge is -2.40. The Hall–Kier alpha value is -2.93. The number of hydrogen-bond acceptors (Lipinski definition) is 4. The first-order chi connectivity index (χ1) is 17.2. The molecule has 7 heteroatoms. The summed E-state index contributed by atoms with van der Waals surface area (Å²) in [5.74, 6) is -0.302. The van der Waals surface area contributed by atoms with Crippen LogP contribution in [0.15, 0.2) is 54.6 Å². The molecule has 0 spiro atoms. The maximum Gasteiger partial charge on any atom is 0.408 e. The van der Waals surface area contributed by atoms with E-state index in [-0.39, 0.29) is 30.2 Å². The summed E-state index contributed by atoms with van der Waals surface area (Å²) in [6.45, 7) is 6.47. The van der Waals surface area contributed by atoms with Gasteiger partial charge in [0.1, 0.15) is 11.4 Å². The van der Waals surface area contributed by atoms with Crippen LogP contribution in [0.2, 0.25) is 0 Å². The molecule has 2 aliphatic rings. The molecule has 0 saturated carbocycles. The van der Waals surface area contributed by atoms with Crippen molar-refractivity contribution in [2.75, 3.05) is 6.54 Å². The van der Waals surface area contributed by atoms with Gasteiger partial charge >= 0.3 is 6.09 Å². The summed E-state index contributed by atoms with van der Waals surface area (Å²) in [4.78, 5) is 27.7. The zero-order valence-electron chi connectivity index (χ0n) is 21.5. The van der Waals surface area contributed by atoms with E-state index >= 15 is 0 Å². The first-order valence-electron chi connectivity index (χ1n) is 13.0. The van der Waals surface area contributed by atoms with Crippen molar-refractivity contribution in [2.45, 2.75) is 89.1 Å². The smallest absolute Gasteiger partial charge is 0.408 e. The molecule has 36 heavy (non-hydrogen) atoms. The van der Waals surface area contributed by atoms with Crippen LogP contribution < -0.4 is 10.6 Å². The zero-order valence-corrected chi connectivity index (χ0v) is 21.5. The number of nitrogens with one attached hydrogen (secondary N) is 2. The van der Waals surface area contributed by atoms with Crippen LogP contribution in [0.1, 0.15) is 70.0 Å². The SMILES string of the molecule is CC(C)(C)OC(=O)N[C@@H](CCN1C2CCC1CC(NC(=O)Cc1ccc(F)cc1)C2)c1ccccc1. The fourth-order valence-electron chi connectivity index (χ4n) is 5.56. The number of benzene rings is 2. The van der Waals surface area contributed by atoms with Crippen molar-refractivity contribution in [1.82, 2.24) is 15.5 Å². The number of ether oxygens (including phenoxy) is 1. The molecule has 2 aliphatic heterocycles. The Balaban J connectivity index is 1.31. The molecular formula is C29H38FN3O3. The molecular weight excluding hydrogens is 457 g/mol. The van der Waals surface area contributed by atoms with Crippen LogP contribution in [-0.4, -0.2) is 47.2 Å². The predicted molar refractivity (Wildman–Crippen MR) is 138 cm³/mol. The molecule has 2 fully saturated rings. The lowest BCUT2D eigenvalue weighted by atomic mass is 9.95. The summed E-state index contributed by atoms with van der Waals surface area (Å²) in [6.07, 6.45) is 4.78. The Kier molecular flexibility index (Phi) is 8.29. The molecule has 3 atom stereocenters. The van der Waals surface area contributed by atoms with E-state index in [9.17, 15) is 14.0 Å². The molecule has 2 saturated heterocycles. The van der Waals surface area contributed by atoms with Gasteiger partial charge in [-0.25, -0.2) is 9.18 Å². The molecule has 2 aromatic carbocycles. The second-order valence-electron chi connectivity index (χ2n) is 11.1. The molecule has 2 heterocycles. The maximum atomic E-state index is 13.1. The molecule has 2 aromatic rings. The van der Waals surface area contributed by atoms with Gasteiger partial charge in [-0.05, 0) is 76.1 Å². The van der Waals surface area contributed by atoms with Crippen molar-refractivity contribution >= 4 is 12.0 Å². The van der Waals surface area contributed by atoms with E-state index in [1.807, 2.05) is 51.1 Å². The number of piperidine rings is 1. The lowest BCUT2D eigenvalue weighted by molar-refractivity contribution is -0.121. The quantitative estimate of drug-likeness (QED) is 0.532. The highest BCUT2D eigenvalue weighted by Gasteiger charge is 2.41. The second-order valence-corrected chi connectivity index (χ2v) is 11.1. The van der Waals surface area contributed by atoms with E-state index in [2.05, 4.69) is 15.5 Å². The van der Waals surface area contributed by atoms with E-state index in [4.69, 9.17) is 4.74 Å². The van der Waals surface area contributed by atoms with Crippen LogP contribution in [0.4, 0.5) is 9.18 Å². The van der Waals surface area contributed by atoms with Gasteiger partial charge in [-0.15, -0.1) is 0 Å². The standard InChI is InChI=1S/C29H38FN3O3/c1-29(2,3)36-28(35)32-26(21-7-5-4-6-8-21)15-16-33-24-13-14-25(33)19-23(18-24)31-27(34)17-20-9-11-22(30)12-10-20/h4-12,23-26H,13-19H2,1-3H3,(H,31,34)(H,32,35)/t23?,24?,25?,26-/m0/s1. The minimum atomic E-state index is -0.548. The Morgan fingerprint density at radius 1 is 1.03 bits per heavy atom. The Labute approximate surface area is 213 Å². The highest BCUT2D eigenvalue weighted by atomic mass is 19.1. The van der Waals surface area contributed by atoms with Crippen molar-refractivity contribution < 1.29 is 18.7 Å². The van der Waals surface area contributed by atoms with Gasteiger partial charge in [0.25, 0.3) is 0 Å². The molecule has 0 radical (unpaired) electrons. The van der Waals surface area contributed by atoms with Gasteiger partial charge in [0.15, 0.2) is 0 Å². The highest BCUT2D eigenvalue weighted by Crippen LogP contribution is 2.36. The minimum absolute atomic E-state index is 0.00911. The van der Waals surface area contributed by atoms with Crippen LogP contribution in [0.3, 0.4) is 0 Å². The van der Waals surface area contributed by atoms with Gasteiger partial charge in [-0.3, -0.25) is 9.69 Å². The number of nitrogens with zero attached hydrogens (tertiary/aromatic N) is 1. The number of carbonyl (C=O) groups excluding carboxylic acids is 2. The molecule has 2 amide bonds. The third-order valence-electron chi connectivity index (χ3n) is 7.10. The third-order valence-corrected chi connectivity index (χ3v) is 7.10. The fourth-order valence-corrected chi connectivity index (χ4v) is 5.56. The average Bonchev–Trinajstić information content (AvgIpc) is 3.05. The van der Waals surface area contributed by atoms with Crippen molar-refractivity contribution in [1.29, 1.82) is 0 Å². The zero-order chi connectivity index (χ0) is 25.7. The topological polar surface area (TPSA) is 70.7 Å². The minimum Gasteiger partial charge on any atom is -0.444 e. The normalized spacial score (nSPS) is 22.6. The van der Waals surface area contributed by atoms with E-state index < -0.39 is 11.7 Å². The molecule has 2 bridgehead atoms. The fraction of sp³-hybridized carbons (Fsp3) is 0.517. The lowest BCUT2D eigenvalue weighted by Crippen LogP contribution is -2.51. The van der Waals surface area contributed by atoms with Crippen molar-refractivity contribution in [3.8, 4) is 0 Å². The first-order valence-corrected chi connectivity index (χ1v) is 13.0.